The number of hydrogen-bond donors (Lipinski definition) is 0. The van der Waals surface area contributed by atoms with Crippen LogP contribution in [0, 0.1) is 5.21 Å². The van der Waals surface area contributed by atoms with Gasteiger partial charge in [0.15, 0.2) is 12.4 Å². The van der Waals surface area contributed by atoms with E-state index < -0.39 is 0 Å². The Morgan fingerprint density at radius 1 is 0.800 bits per heavy atom. The molecule has 0 spiro atoms. The fraction of sp³-hybridized carbons (Fsp3) is 0. The van der Waals surface area contributed by atoms with Crippen molar-refractivity contribution in [1.82, 2.24) is 0 Å². The molecule has 0 aliphatic heterocycles. The predicted molar refractivity (Wildman–Crippen MR) is 60.8 cm³/mol. The van der Waals surface area contributed by atoms with Gasteiger partial charge in [0.05, 0.1) is 0 Å². The SMILES string of the molecule is [O-][n+]1ccc(/C=C/c2ccccc2)cc1. The summed E-state index contributed by atoms with van der Waals surface area (Å²) in [5.41, 5.74) is 2.17. The minimum Gasteiger partial charge on any atom is -0.619 e. The molecular formula is C13H11NO. The number of aromatic nitrogens is 1. The van der Waals surface area contributed by atoms with Crippen molar-refractivity contribution in [2.75, 3.05) is 0 Å². The highest BCUT2D eigenvalue weighted by molar-refractivity contribution is 5.68. The topological polar surface area (TPSA) is 26.9 Å². The lowest BCUT2D eigenvalue weighted by Gasteiger charge is -1.95. The molecule has 0 atom stereocenters. The molecule has 2 aromatic rings. The molecule has 0 aliphatic rings. The first-order chi connectivity index (χ1) is 7.34. The average Bonchev–Trinajstić information content (AvgIpc) is 2.30. The van der Waals surface area contributed by atoms with Crippen LogP contribution in [0.15, 0.2) is 54.9 Å². The maximum atomic E-state index is 10.8. The van der Waals surface area contributed by atoms with Crippen LogP contribution in [0.1, 0.15) is 11.1 Å². The van der Waals surface area contributed by atoms with Crippen LogP contribution in [0.4, 0.5) is 0 Å². The maximum absolute atomic E-state index is 10.8. The van der Waals surface area contributed by atoms with Crippen molar-refractivity contribution in [3.05, 3.63) is 71.2 Å². The van der Waals surface area contributed by atoms with Crippen molar-refractivity contribution in [2.24, 2.45) is 0 Å². The number of rotatable bonds is 2. The van der Waals surface area contributed by atoms with E-state index in [2.05, 4.69) is 0 Å². The molecule has 0 N–H and O–H groups in total. The average molecular weight is 197 g/mol. The Balaban J connectivity index is 2.15. The van der Waals surface area contributed by atoms with Crippen molar-refractivity contribution in [3.63, 3.8) is 0 Å². The van der Waals surface area contributed by atoms with E-state index in [4.69, 9.17) is 0 Å². The predicted octanol–water partition coefficient (Wildman–Crippen LogP) is 2.49. The summed E-state index contributed by atoms with van der Waals surface area (Å²) < 4.78 is 0.778. The van der Waals surface area contributed by atoms with Crippen LogP contribution >= 0.6 is 0 Å². The van der Waals surface area contributed by atoms with E-state index in [-0.39, 0.29) is 0 Å². The van der Waals surface area contributed by atoms with E-state index in [1.165, 1.54) is 12.4 Å². The number of pyridine rings is 1. The molecule has 0 saturated carbocycles. The standard InChI is InChI=1S/C13H11NO/c15-14-10-8-13(9-11-14)7-6-12-4-2-1-3-5-12/h1-11H/b7-6+. The van der Waals surface area contributed by atoms with Gasteiger partial charge in [0.25, 0.3) is 0 Å². The van der Waals surface area contributed by atoms with Crippen LogP contribution in [-0.4, -0.2) is 0 Å². The van der Waals surface area contributed by atoms with Crippen molar-refractivity contribution in [1.29, 1.82) is 0 Å². The van der Waals surface area contributed by atoms with Crippen LogP contribution in [-0.2, 0) is 0 Å². The van der Waals surface area contributed by atoms with Crippen molar-refractivity contribution >= 4 is 12.2 Å². The fourth-order valence-electron chi connectivity index (χ4n) is 1.29. The molecule has 1 aromatic carbocycles. The lowest BCUT2D eigenvalue weighted by atomic mass is 10.2. The van der Waals surface area contributed by atoms with Crippen LogP contribution < -0.4 is 4.73 Å². The van der Waals surface area contributed by atoms with Crippen molar-refractivity contribution in [2.45, 2.75) is 0 Å². The summed E-state index contributed by atoms with van der Waals surface area (Å²) >= 11 is 0. The number of hydrogen-bond acceptors (Lipinski definition) is 1. The molecule has 1 heterocycles. The molecular weight excluding hydrogens is 186 g/mol. The van der Waals surface area contributed by atoms with Crippen LogP contribution in [0.2, 0.25) is 0 Å². The summed E-state index contributed by atoms with van der Waals surface area (Å²) in [5.74, 6) is 0. The third-order valence-electron chi connectivity index (χ3n) is 2.10. The number of benzene rings is 1. The molecule has 0 amide bonds. The smallest absolute Gasteiger partial charge is 0.180 e. The minimum atomic E-state index is 0.778. The van der Waals surface area contributed by atoms with Gasteiger partial charge in [0.1, 0.15) is 0 Å². The molecule has 0 fully saturated rings. The zero-order valence-electron chi connectivity index (χ0n) is 8.21. The van der Waals surface area contributed by atoms with Crippen molar-refractivity contribution < 1.29 is 4.73 Å². The van der Waals surface area contributed by atoms with E-state index in [0.717, 1.165) is 15.9 Å². The number of nitrogens with zero attached hydrogens (tertiary/aromatic N) is 1. The third kappa shape index (κ3) is 2.68. The minimum absolute atomic E-state index is 0.778. The van der Waals surface area contributed by atoms with Gasteiger partial charge in [-0.2, -0.15) is 4.73 Å². The molecule has 0 unspecified atom stereocenters. The lowest BCUT2D eigenvalue weighted by molar-refractivity contribution is -0.605. The first kappa shape index (κ1) is 9.46. The van der Waals surface area contributed by atoms with Gasteiger partial charge in [-0.3, -0.25) is 0 Å². The Kier molecular flexibility index (Phi) is 2.79. The Hall–Kier alpha value is -2.09. The first-order valence-electron chi connectivity index (χ1n) is 4.76. The zero-order chi connectivity index (χ0) is 10.5. The molecule has 0 saturated heterocycles. The summed E-state index contributed by atoms with van der Waals surface area (Å²) in [7, 11) is 0. The second kappa shape index (κ2) is 4.42. The highest BCUT2D eigenvalue weighted by atomic mass is 16.5. The molecule has 1 aromatic heterocycles. The highest BCUT2D eigenvalue weighted by Crippen LogP contribution is 2.05. The Morgan fingerprint density at radius 3 is 1.93 bits per heavy atom. The monoisotopic (exact) mass is 197 g/mol. The van der Waals surface area contributed by atoms with Gasteiger partial charge in [-0.1, -0.05) is 42.5 Å². The molecule has 0 radical (unpaired) electrons. The quantitative estimate of drug-likeness (QED) is 0.536. The van der Waals surface area contributed by atoms with Gasteiger partial charge in [-0.25, -0.2) is 0 Å². The summed E-state index contributed by atoms with van der Waals surface area (Å²) in [6.07, 6.45) is 6.98. The van der Waals surface area contributed by atoms with E-state index >= 15 is 0 Å². The summed E-state index contributed by atoms with van der Waals surface area (Å²) in [4.78, 5) is 0. The zero-order valence-corrected chi connectivity index (χ0v) is 8.21. The Labute approximate surface area is 88.7 Å². The van der Waals surface area contributed by atoms with Crippen LogP contribution in [0.5, 0.6) is 0 Å². The van der Waals surface area contributed by atoms with Crippen molar-refractivity contribution in [3.8, 4) is 0 Å². The first-order valence-corrected chi connectivity index (χ1v) is 4.76. The van der Waals surface area contributed by atoms with E-state index in [1.54, 1.807) is 12.1 Å². The molecule has 74 valence electrons. The largest absolute Gasteiger partial charge is 0.619 e. The third-order valence-corrected chi connectivity index (χ3v) is 2.10. The molecule has 0 bridgehead atoms. The van der Waals surface area contributed by atoms with Crippen LogP contribution in [0.3, 0.4) is 0 Å². The molecule has 2 nitrogen and oxygen atoms in total. The molecule has 15 heavy (non-hydrogen) atoms. The summed E-state index contributed by atoms with van der Waals surface area (Å²) in [6.45, 7) is 0. The molecule has 2 rings (SSSR count). The van der Waals surface area contributed by atoms with Gasteiger partial charge >= 0.3 is 0 Å². The van der Waals surface area contributed by atoms with E-state index in [0.29, 0.717) is 0 Å². The normalized spacial score (nSPS) is 10.7. The second-order valence-corrected chi connectivity index (χ2v) is 3.24. The fourth-order valence-corrected chi connectivity index (χ4v) is 1.29. The highest BCUT2D eigenvalue weighted by Gasteiger charge is 1.89. The van der Waals surface area contributed by atoms with Gasteiger partial charge in [0.2, 0.25) is 0 Å². The second-order valence-electron chi connectivity index (χ2n) is 3.24. The van der Waals surface area contributed by atoms with Gasteiger partial charge in [-0.15, -0.1) is 0 Å². The maximum Gasteiger partial charge on any atom is 0.180 e. The lowest BCUT2D eigenvalue weighted by Crippen LogP contribution is -2.23. The summed E-state index contributed by atoms with van der Waals surface area (Å²) in [5, 5.41) is 10.8. The summed E-state index contributed by atoms with van der Waals surface area (Å²) in [6, 6.07) is 13.6. The Morgan fingerprint density at radius 2 is 1.33 bits per heavy atom. The molecule has 0 aliphatic carbocycles. The van der Waals surface area contributed by atoms with Crippen LogP contribution in [0.25, 0.3) is 12.2 Å². The molecule has 2 heteroatoms. The Bertz CT molecular complexity index is 446. The van der Waals surface area contributed by atoms with Gasteiger partial charge in [0, 0.05) is 12.1 Å². The van der Waals surface area contributed by atoms with E-state index in [1.807, 2.05) is 42.5 Å². The van der Waals surface area contributed by atoms with Gasteiger partial charge in [-0.05, 0) is 11.1 Å². The van der Waals surface area contributed by atoms with E-state index in [9.17, 15) is 5.21 Å². The van der Waals surface area contributed by atoms with Gasteiger partial charge < -0.3 is 5.21 Å².